The number of hydrogen-bond acceptors (Lipinski definition) is 4. The van der Waals surface area contributed by atoms with E-state index in [2.05, 4.69) is 4.90 Å². The Bertz CT molecular complexity index is 850. The Morgan fingerprint density at radius 1 is 1.00 bits per heavy atom. The smallest absolute Gasteiger partial charge is 0.330 e. The summed E-state index contributed by atoms with van der Waals surface area (Å²) in [5.41, 5.74) is 0.709. The van der Waals surface area contributed by atoms with Crippen LogP contribution in [-0.2, 0) is 20.6 Å². The van der Waals surface area contributed by atoms with Gasteiger partial charge in [-0.15, -0.1) is 0 Å². The van der Waals surface area contributed by atoms with Gasteiger partial charge in [-0.1, -0.05) is 12.1 Å². The number of aromatic nitrogens is 2. The van der Waals surface area contributed by atoms with Crippen LogP contribution in [0.4, 0.5) is 10.1 Å². The number of para-hydroxylation sites is 1. The van der Waals surface area contributed by atoms with Crippen molar-refractivity contribution in [1.29, 1.82) is 0 Å². The summed E-state index contributed by atoms with van der Waals surface area (Å²) in [4.78, 5) is 28.0. The molecule has 0 saturated carbocycles. The monoisotopic (exact) mass is 332 g/mol. The topological polar surface area (TPSA) is 50.5 Å². The van der Waals surface area contributed by atoms with Crippen molar-refractivity contribution >= 4 is 5.69 Å². The van der Waals surface area contributed by atoms with Gasteiger partial charge >= 0.3 is 5.69 Å². The van der Waals surface area contributed by atoms with Crippen LogP contribution >= 0.6 is 0 Å². The number of rotatable bonds is 3. The quantitative estimate of drug-likeness (QED) is 0.823. The van der Waals surface area contributed by atoms with E-state index in [-0.39, 0.29) is 17.1 Å². The summed E-state index contributed by atoms with van der Waals surface area (Å²) < 4.78 is 16.5. The lowest BCUT2D eigenvalue weighted by atomic mass is 10.2. The number of benzene rings is 1. The highest BCUT2D eigenvalue weighted by Crippen LogP contribution is 2.20. The molecule has 1 aliphatic heterocycles. The second-order valence-electron chi connectivity index (χ2n) is 6.09. The van der Waals surface area contributed by atoms with Gasteiger partial charge in [0.1, 0.15) is 5.82 Å². The van der Waals surface area contributed by atoms with Gasteiger partial charge in [-0.2, -0.15) is 0 Å². The molecule has 2 aromatic rings. The molecule has 3 rings (SSSR count). The summed E-state index contributed by atoms with van der Waals surface area (Å²) in [7, 11) is 3.15. The van der Waals surface area contributed by atoms with Crippen LogP contribution in [0.1, 0.15) is 5.69 Å². The lowest BCUT2D eigenvalue weighted by Gasteiger charge is -2.36. The molecule has 0 bridgehead atoms. The summed E-state index contributed by atoms with van der Waals surface area (Å²) in [6.45, 7) is 3.45. The van der Waals surface area contributed by atoms with Crippen LogP contribution in [0.15, 0.2) is 39.9 Å². The maximum absolute atomic E-state index is 13.9. The van der Waals surface area contributed by atoms with Crippen LogP contribution < -0.4 is 16.1 Å². The molecule has 1 aromatic carbocycles. The van der Waals surface area contributed by atoms with E-state index in [0.29, 0.717) is 31.0 Å². The summed E-state index contributed by atoms with van der Waals surface area (Å²) in [5.74, 6) is -0.208. The Labute approximate surface area is 139 Å². The maximum Gasteiger partial charge on any atom is 0.330 e. The van der Waals surface area contributed by atoms with E-state index in [9.17, 15) is 14.0 Å². The van der Waals surface area contributed by atoms with E-state index in [1.54, 1.807) is 19.2 Å². The molecule has 1 aromatic heterocycles. The Morgan fingerprint density at radius 3 is 2.33 bits per heavy atom. The molecule has 1 fully saturated rings. The fourth-order valence-corrected chi connectivity index (χ4v) is 3.01. The van der Waals surface area contributed by atoms with Crippen LogP contribution in [0.25, 0.3) is 0 Å². The molecule has 7 heteroatoms. The molecule has 0 unspecified atom stereocenters. The molecule has 128 valence electrons. The molecule has 24 heavy (non-hydrogen) atoms. The van der Waals surface area contributed by atoms with Crippen LogP contribution in [-0.4, -0.2) is 40.2 Å². The summed E-state index contributed by atoms with van der Waals surface area (Å²) in [6.07, 6.45) is 0. The van der Waals surface area contributed by atoms with Crippen molar-refractivity contribution in [3.8, 4) is 0 Å². The van der Waals surface area contributed by atoms with Gasteiger partial charge in [-0.25, -0.2) is 9.18 Å². The van der Waals surface area contributed by atoms with Crippen molar-refractivity contribution in [2.75, 3.05) is 31.1 Å². The highest BCUT2D eigenvalue weighted by Gasteiger charge is 2.20. The van der Waals surface area contributed by atoms with Gasteiger partial charge in [0.2, 0.25) is 0 Å². The zero-order chi connectivity index (χ0) is 17.3. The van der Waals surface area contributed by atoms with Crippen molar-refractivity contribution in [3.63, 3.8) is 0 Å². The first kappa shape index (κ1) is 16.4. The van der Waals surface area contributed by atoms with Crippen molar-refractivity contribution in [3.05, 3.63) is 62.7 Å². The molecular formula is C17H21FN4O2. The first-order valence-electron chi connectivity index (χ1n) is 7.95. The summed E-state index contributed by atoms with van der Waals surface area (Å²) in [5, 5.41) is 0. The molecule has 0 spiro atoms. The third-order valence-corrected chi connectivity index (χ3v) is 4.58. The number of nitrogens with zero attached hydrogens (tertiary/aromatic N) is 4. The van der Waals surface area contributed by atoms with E-state index in [1.165, 1.54) is 23.7 Å². The SMILES string of the molecule is Cn1c(CN2CCN(c3ccccc3F)CC2)cc(=O)n(C)c1=O. The lowest BCUT2D eigenvalue weighted by molar-refractivity contribution is 0.242. The van der Waals surface area contributed by atoms with E-state index in [4.69, 9.17) is 0 Å². The Hall–Kier alpha value is -2.41. The zero-order valence-corrected chi connectivity index (χ0v) is 13.9. The van der Waals surface area contributed by atoms with Gasteiger partial charge in [0.15, 0.2) is 0 Å². The third kappa shape index (κ3) is 3.12. The molecule has 0 N–H and O–H groups in total. The lowest BCUT2D eigenvalue weighted by Crippen LogP contribution is -2.47. The normalized spacial score (nSPS) is 15.7. The highest BCUT2D eigenvalue weighted by molar-refractivity contribution is 5.47. The van der Waals surface area contributed by atoms with Crippen LogP contribution in [0, 0.1) is 5.82 Å². The van der Waals surface area contributed by atoms with Crippen molar-refractivity contribution in [1.82, 2.24) is 14.0 Å². The van der Waals surface area contributed by atoms with E-state index < -0.39 is 0 Å². The number of piperazine rings is 1. The molecule has 0 radical (unpaired) electrons. The molecule has 2 heterocycles. The van der Waals surface area contributed by atoms with Crippen molar-refractivity contribution < 1.29 is 4.39 Å². The third-order valence-electron chi connectivity index (χ3n) is 4.58. The maximum atomic E-state index is 13.9. The second-order valence-corrected chi connectivity index (χ2v) is 6.09. The van der Waals surface area contributed by atoms with Crippen molar-refractivity contribution in [2.24, 2.45) is 14.1 Å². The molecule has 1 aliphatic rings. The first-order chi connectivity index (χ1) is 11.5. The van der Waals surface area contributed by atoms with Crippen LogP contribution in [0.3, 0.4) is 0 Å². The molecular weight excluding hydrogens is 311 g/mol. The Kier molecular flexibility index (Phi) is 4.53. The Morgan fingerprint density at radius 2 is 1.67 bits per heavy atom. The summed E-state index contributed by atoms with van der Waals surface area (Å²) in [6, 6.07) is 8.28. The predicted octanol–water partition coefficient (Wildman–Crippen LogP) is 0.545. The Balaban J connectivity index is 1.69. The van der Waals surface area contributed by atoms with Crippen LogP contribution in [0.2, 0.25) is 0 Å². The number of anilines is 1. The molecule has 0 atom stereocenters. The van der Waals surface area contributed by atoms with Gasteiger partial charge in [0.25, 0.3) is 5.56 Å². The van der Waals surface area contributed by atoms with Gasteiger partial charge < -0.3 is 4.90 Å². The van der Waals surface area contributed by atoms with E-state index in [1.807, 2.05) is 11.0 Å². The van der Waals surface area contributed by atoms with Gasteiger partial charge in [-0.3, -0.25) is 18.8 Å². The minimum absolute atomic E-state index is 0.208. The number of halogens is 1. The van der Waals surface area contributed by atoms with E-state index >= 15 is 0 Å². The molecule has 1 saturated heterocycles. The van der Waals surface area contributed by atoms with Gasteiger partial charge in [0.05, 0.1) is 5.69 Å². The van der Waals surface area contributed by atoms with E-state index in [0.717, 1.165) is 17.7 Å². The minimum atomic E-state index is -0.317. The largest absolute Gasteiger partial charge is 0.367 e. The fourth-order valence-electron chi connectivity index (χ4n) is 3.01. The van der Waals surface area contributed by atoms with Crippen molar-refractivity contribution in [2.45, 2.75) is 6.54 Å². The second kappa shape index (κ2) is 6.60. The predicted molar refractivity (Wildman–Crippen MR) is 90.8 cm³/mol. The van der Waals surface area contributed by atoms with Gasteiger partial charge in [-0.05, 0) is 12.1 Å². The highest BCUT2D eigenvalue weighted by atomic mass is 19.1. The first-order valence-corrected chi connectivity index (χ1v) is 7.95. The summed E-state index contributed by atoms with van der Waals surface area (Å²) >= 11 is 0. The minimum Gasteiger partial charge on any atom is -0.367 e. The van der Waals surface area contributed by atoms with Crippen LogP contribution in [0.5, 0.6) is 0 Å². The molecule has 0 aliphatic carbocycles. The average molecular weight is 332 g/mol. The standard InChI is InChI=1S/C17H21FN4O2/c1-19-13(11-16(23)20(2)17(19)24)12-21-7-9-22(10-8-21)15-6-4-3-5-14(15)18/h3-6,11H,7-10,12H2,1-2H3. The molecule has 6 nitrogen and oxygen atoms in total. The number of hydrogen-bond donors (Lipinski definition) is 0. The fraction of sp³-hybridized carbons (Fsp3) is 0.412. The molecule has 0 amide bonds. The van der Waals surface area contributed by atoms with Gasteiger partial charge in [0, 0.05) is 58.6 Å². The average Bonchev–Trinajstić information content (AvgIpc) is 2.59. The zero-order valence-electron chi connectivity index (χ0n) is 13.9.